The van der Waals surface area contributed by atoms with E-state index in [-0.39, 0.29) is 12.8 Å². The van der Waals surface area contributed by atoms with Crippen molar-refractivity contribution in [3.05, 3.63) is 28.5 Å². The van der Waals surface area contributed by atoms with E-state index in [4.69, 9.17) is 11.6 Å². The first-order chi connectivity index (χ1) is 11.9. The van der Waals surface area contributed by atoms with Crippen molar-refractivity contribution < 1.29 is 33.0 Å². The van der Waals surface area contributed by atoms with Crippen LogP contribution in [0, 0.1) is 16.7 Å². The third-order valence-corrected chi connectivity index (χ3v) is 4.79. The lowest BCUT2D eigenvalue weighted by Crippen LogP contribution is -2.48. The minimum Gasteiger partial charge on any atom is -0.480 e. The Hall–Kier alpha value is -2.34. The van der Waals surface area contributed by atoms with Gasteiger partial charge < -0.3 is 10.2 Å². The molecule has 0 saturated heterocycles. The van der Waals surface area contributed by atoms with Gasteiger partial charge in [-0.25, -0.2) is 0 Å². The standard InChI is InChI=1S/C16H16ClF3N2O4/c1-3-14(4-2,8-21)7-15(12(23)24,13(25)26)11-10(17)5-9(6-22-11)16(18,19)20/h5-6H,3-4,7H2,1-2H3,(H,23,24)(H,25,26). The van der Waals surface area contributed by atoms with Gasteiger partial charge in [0, 0.05) is 6.20 Å². The highest BCUT2D eigenvalue weighted by molar-refractivity contribution is 6.32. The summed E-state index contributed by atoms with van der Waals surface area (Å²) in [7, 11) is 0. The highest BCUT2D eigenvalue weighted by atomic mass is 35.5. The summed E-state index contributed by atoms with van der Waals surface area (Å²) in [5.74, 6) is -3.72. The molecule has 0 aliphatic heterocycles. The minimum absolute atomic E-state index is 0.139. The van der Waals surface area contributed by atoms with Gasteiger partial charge in [0.25, 0.3) is 0 Å². The maximum absolute atomic E-state index is 12.8. The summed E-state index contributed by atoms with van der Waals surface area (Å²) in [6.45, 7) is 3.17. The fourth-order valence-electron chi connectivity index (χ4n) is 2.64. The molecule has 0 aliphatic rings. The molecule has 2 N–H and O–H groups in total. The van der Waals surface area contributed by atoms with Gasteiger partial charge in [-0.3, -0.25) is 14.6 Å². The van der Waals surface area contributed by atoms with Gasteiger partial charge in [-0.05, 0) is 25.3 Å². The summed E-state index contributed by atoms with van der Waals surface area (Å²) in [6.07, 6.45) is -4.87. The molecule has 0 radical (unpaired) electrons. The van der Waals surface area contributed by atoms with Crippen molar-refractivity contribution in [2.45, 2.75) is 44.7 Å². The number of nitriles is 1. The highest BCUT2D eigenvalue weighted by Gasteiger charge is 2.55. The van der Waals surface area contributed by atoms with E-state index in [1.807, 2.05) is 6.07 Å². The van der Waals surface area contributed by atoms with Crippen molar-refractivity contribution in [3.8, 4) is 6.07 Å². The Kier molecular flexibility index (Phi) is 6.26. The molecule has 1 heterocycles. The average molecular weight is 393 g/mol. The van der Waals surface area contributed by atoms with E-state index in [2.05, 4.69) is 4.98 Å². The SMILES string of the molecule is CCC(C#N)(CC)CC(C(=O)O)(C(=O)O)c1ncc(C(F)(F)F)cc1Cl. The molecule has 1 aromatic rings. The lowest BCUT2D eigenvalue weighted by atomic mass is 9.67. The summed E-state index contributed by atoms with van der Waals surface area (Å²) in [5, 5.41) is 28.0. The van der Waals surface area contributed by atoms with Gasteiger partial charge in [0.15, 0.2) is 0 Å². The Bertz CT molecular complexity index is 741. The van der Waals surface area contributed by atoms with Gasteiger partial charge in [0.2, 0.25) is 5.41 Å². The van der Waals surface area contributed by atoms with Gasteiger partial charge in [-0.1, -0.05) is 25.4 Å². The number of alkyl halides is 3. The Morgan fingerprint density at radius 1 is 1.23 bits per heavy atom. The molecule has 1 rings (SSSR count). The first-order valence-electron chi connectivity index (χ1n) is 7.51. The van der Waals surface area contributed by atoms with E-state index in [1.165, 1.54) is 0 Å². The number of aromatic nitrogens is 1. The molecule has 0 fully saturated rings. The number of carboxylic acid groups (broad SMARTS) is 2. The molecule has 0 unspecified atom stereocenters. The number of aliphatic carboxylic acids is 2. The molecule has 6 nitrogen and oxygen atoms in total. The number of hydrogen-bond donors (Lipinski definition) is 2. The second kappa shape index (κ2) is 7.50. The van der Waals surface area contributed by atoms with Crippen molar-refractivity contribution in [2.24, 2.45) is 5.41 Å². The molecule has 0 spiro atoms. The van der Waals surface area contributed by atoms with Gasteiger partial charge in [0.1, 0.15) is 0 Å². The normalized spacial score (nSPS) is 12.5. The van der Waals surface area contributed by atoms with Crippen LogP contribution in [-0.2, 0) is 21.2 Å². The molecule has 0 bridgehead atoms. The number of halogens is 4. The Morgan fingerprint density at radius 3 is 2.04 bits per heavy atom. The fourth-order valence-corrected chi connectivity index (χ4v) is 2.97. The molecule has 142 valence electrons. The van der Waals surface area contributed by atoms with Crippen LogP contribution in [0.1, 0.15) is 44.4 Å². The van der Waals surface area contributed by atoms with Crippen LogP contribution in [0.3, 0.4) is 0 Å². The monoisotopic (exact) mass is 392 g/mol. The van der Waals surface area contributed by atoms with Crippen molar-refractivity contribution in [1.29, 1.82) is 5.26 Å². The second-order valence-electron chi connectivity index (χ2n) is 5.84. The van der Waals surface area contributed by atoms with Crippen molar-refractivity contribution in [3.63, 3.8) is 0 Å². The summed E-state index contributed by atoms with van der Waals surface area (Å²) in [6, 6.07) is 2.35. The van der Waals surface area contributed by atoms with Crippen molar-refractivity contribution in [1.82, 2.24) is 4.98 Å². The van der Waals surface area contributed by atoms with E-state index >= 15 is 0 Å². The van der Waals surface area contributed by atoms with Crippen LogP contribution in [0.2, 0.25) is 5.02 Å². The van der Waals surface area contributed by atoms with E-state index in [0.29, 0.717) is 12.3 Å². The van der Waals surface area contributed by atoms with E-state index in [1.54, 1.807) is 13.8 Å². The highest BCUT2D eigenvalue weighted by Crippen LogP contribution is 2.44. The van der Waals surface area contributed by atoms with Gasteiger partial charge in [0.05, 0.1) is 27.8 Å². The zero-order valence-corrected chi connectivity index (χ0v) is 14.6. The Morgan fingerprint density at radius 2 is 1.73 bits per heavy atom. The minimum atomic E-state index is -4.78. The van der Waals surface area contributed by atoms with Crippen LogP contribution in [0.15, 0.2) is 12.3 Å². The number of carboxylic acids is 2. The van der Waals surface area contributed by atoms with E-state index < -0.39 is 51.6 Å². The van der Waals surface area contributed by atoms with Crippen molar-refractivity contribution in [2.75, 3.05) is 0 Å². The maximum atomic E-state index is 12.8. The summed E-state index contributed by atoms with van der Waals surface area (Å²) in [4.78, 5) is 27.2. The molecule has 26 heavy (non-hydrogen) atoms. The molecule has 1 aromatic heterocycles. The van der Waals surface area contributed by atoms with Gasteiger partial charge in [-0.15, -0.1) is 0 Å². The first kappa shape index (κ1) is 21.7. The quantitative estimate of drug-likeness (QED) is 0.681. The van der Waals surface area contributed by atoms with Crippen LogP contribution in [0.25, 0.3) is 0 Å². The smallest absolute Gasteiger partial charge is 0.417 e. The van der Waals surface area contributed by atoms with Crippen LogP contribution in [-0.4, -0.2) is 27.1 Å². The largest absolute Gasteiger partial charge is 0.480 e. The predicted molar refractivity (Wildman–Crippen MR) is 84.4 cm³/mol. The molecule has 10 heteroatoms. The number of rotatable bonds is 7. The Labute approximate surface area is 152 Å². The van der Waals surface area contributed by atoms with Crippen molar-refractivity contribution >= 4 is 23.5 Å². The number of carbonyl (C=O) groups is 2. The van der Waals surface area contributed by atoms with Crippen LogP contribution >= 0.6 is 11.6 Å². The average Bonchev–Trinajstić information content (AvgIpc) is 2.56. The first-order valence-corrected chi connectivity index (χ1v) is 7.89. The number of nitrogens with zero attached hydrogens (tertiary/aromatic N) is 2. The van der Waals surface area contributed by atoms with Gasteiger partial charge >= 0.3 is 18.1 Å². The fraction of sp³-hybridized carbons (Fsp3) is 0.500. The lowest BCUT2D eigenvalue weighted by molar-refractivity contribution is -0.159. The van der Waals surface area contributed by atoms with Gasteiger partial charge in [-0.2, -0.15) is 18.4 Å². The van der Waals surface area contributed by atoms with E-state index in [9.17, 15) is 38.2 Å². The zero-order valence-electron chi connectivity index (χ0n) is 13.9. The van der Waals surface area contributed by atoms with E-state index in [0.717, 1.165) is 0 Å². The second-order valence-corrected chi connectivity index (χ2v) is 6.25. The lowest BCUT2D eigenvalue weighted by Gasteiger charge is -2.33. The molecule has 0 amide bonds. The third kappa shape index (κ3) is 3.75. The predicted octanol–water partition coefficient (Wildman–Crippen LogP) is 3.88. The topological polar surface area (TPSA) is 111 Å². The molecule has 0 aliphatic carbocycles. The third-order valence-electron chi connectivity index (χ3n) is 4.50. The molecular formula is C16H16ClF3N2O4. The summed E-state index contributed by atoms with van der Waals surface area (Å²) >= 11 is 5.79. The Balaban J connectivity index is 3.72. The number of pyridine rings is 1. The summed E-state index contributed by atoms with van der Waals surface area (Å²) < 4.78 is 38.3. The summed E-state index contributed by atoms with van der Waals surface area (Å²) in [5.41, 5.74) is -6.07. The molecule has 0 atom stereocenters. The zero-order chi connectivity index (χ0) is 20.3. The molecule has 0 saturated carbocycles. The number of hydrogen-bond acceptors (Lipinski definition) is 4. The van der Waals surface area contributed by atoms with Crippen LogP contribution in [0.4, 0.5) is 13.2 Å². The molecule has 0 aromatic carbocycles. The van der Waals surface area contributed by atoms with Crippen LogP contribution in [0.5, 0.6) is 0 Å². The van der Waals surface area contributed by atoms with Crippen LogP contribution < -0.4 is 0 Å². The maximum Gasteiger partial charge on any atom is 0.417 e. The molecular weight excluding hydrogens is 377 g/mol.